The Kier molecular flexibility index (Phi) is 4.79. The lowest BCUT2D eigenvalue weighted by Gasteiger charge is -2.18. The van der Waals surface area contributed by atoms with Crippen molar-refractivity contribution in [1.82, 2.24) is 19.6 Å². The van der Waals surface area contributed by atoms with E-state index in [0.29, 0.717) is 16.6 Å². The number of anilines is 2. The lowest BCUT2D eigenvalue weighted by Crippen LogP contribution is -2.10. The van der Waals surface area contributed by atoms with Crippen LogP contribution >= 0.6 is 11.6 Å². The van der Waals surface area contributed by atoms with Gasteiger partial charge in [-0.25, -0.2) is 4.98 Å². The first-order valence-corrected chi connectivity index (χ1v) is 9.97. The van der Waals surface area contributed by atoms with Crippen molar-refractivity contribution in [2.75, 3.05) is 5.32 Å². The molecule has 2 heterocycles. The van der Waals surface area contributed by atoms with Crippen LogP contribution in [-0.4, -0.2) is 19.6 Å². The minimum Gasteiger partial charge on any atom is -0.340 e. The maximum Gasteiger partial charge on any atom is 0.254 e. The van der Waals surface area contributed by atoms with Crippen molar-refractivity contribution < 1.29 is 0 Å². The lowest BCUT2D eigenvalue weighted by atomic mass is 9.87. The van der Waals surface area contributed by atoms with E-state index in [9.17, 15) is 0 Å². The minimum absolute atomic E-state index is 0.107. The zero-order valence-electron chi connectivity index (χ0n) is 17.3. The minimum atomic E-state index is 0.107. The van der Waals surface area contributed by atoms with Gasteiger partial charge >= 0.3 is 0 Å². The van der Waals surface area contributed by atoms with Gasteiger partial charge in [0, 0.05) is 28.0 Å². The van der Waals surface area contributed by atoms with Crippen LogP contribution < -0.4 is 5.32 Å². The van der Waals surface area contributed by atoms with Gasteiger partial charge in [-0.3, -0.25) is 0 Å². The predicted molar refractivity (Wildman–Crippen MR) is 119 cm³/mol. The Hall–Kier alpha value is -2.92. The molecule has 29 heavy (non-hydrogen) atoms. The SMILES string of the molecule is Cc1cc(Nc2cc(Cl)ccc2C)n2nc(-c3ccc(C(C)(C)C)cc3)nc2n1. The second-order valence-corrected chi connectivity index (χ2v) is 8.78. The quantitative estimate of drug-likeness (QED) is 0.447. The third kappa shape index (κ3) is 3.96. The Labute approximate surface area is 175 Å². The largest absolute Gasteiger partial charge is 0.340 e. The molecule has 4 rings (SSSR count). The number of aryl methyl sites for hydroxylation is 2. The molecule has 0 aliphatic rings. The van der Waals surface area contributed by atoms with Crippen LogP contribution in [0.5, 0.6) is 0 Å². The molecular formula is C23H24ClN5. The van der Waals surface area contributed by atoms with Crippen molar-refractivity contribution >= 4 is 28.9 Å². The maximum absolute atomic E-state index is 6.17. The van der Waals surface area contributed by atoms with Gasteiger partial charge in [-0.2, -0.15) is 9.50 Å². The summed E-state index contributed by atoms with van der Waals surface area (Å²) in [6.07, 6.45) is 0. The van der Waals surface area contributed by atoms with E-state index in [4.69, 9.17) is 16.7 Å². The van der Waals surface area contributed by atoms with Crippen LogP contribution in [0.3, 0.4) is 0 Å². The van der Waals surface area contributed by atoms with Crippen molar-refractivity contribution in [2.24, 2.45) is 0 Å². The second kappa shape index (κ2) is 7.16. The highest BCUT2D eigenvalue weighted by Gasteiger charge is 2.16. The van der Waals surface area contributed by atoms with Crippen molar-refractivity contribution in [3.63, 3.8) is 0 Å². The van der Waals surface area contributed by atoms with Crippen molar-refractivity contribution in [1.29, 1.82) is 0 Å². The molecule has 0 atom stereocenters. The van der Waals surface area contributed by atoms with E-state index < -0.39 is 0 Å². The van der Waals surface area contributed by atoms with E-state index in [0.717, 1.165) is 28.3 Å². The molecule has 0 aliphatic heterocycles. The fourth-order valence-corrected chi connectivity index (χ4v) is 3.36. The van der Waals surface area contributed by atoms with Gasteiger partial charge in [0.05, 0.1) is 0 Å². The number of benzene rings is 2. The first kappa shape index (κ1) is 19.4. The van der Waals surface area contributed by atoms with Crippen molar-refractivity contribution in [3.8, 4) is 11.4 Å². The lowest BCUT2D eigenvalue weighted by molar-refractivity contribution is 0.590. The summed E-state index contributed by atoms with van der Waals surface area (Å²) in [6, 6.07) is 16.1. The first-order valence-electron chi connectivity index (χ1n) is 9.59. The Balaban J connectivity index is 1.76. The molecule has 2 aromatic carbocycles. The predicted octanol–water partition coefficient (Wildman–Crippen LogP) is 6.10. The summed E-state index contributed by atoms with van der Waals surface area (Å²) >= 11 is 6.17. The molecule has 5 nitrogen and oxygen atoms in total. The van der Waals surface area contributed by atoms with Gasteiger partial charge in [0.2, 0.25) is 0 Å². The highest BCUT2D eigenvalue weighted by Crippen LogP contribution is 2.27. The molecule has 6 heteroatoms. The molecule has 0 fully saturated rings. The Morgan fingerprint density at radius 3 is 2.34 bits per heavy atom. The average Bonchev–Trinajstić information content (AvgIpc) is 3.08. The Morgan fingerprint density at radius 2 is 1.66 bits per heavy atom. The van der Waals surface area contributed by atoms with E-state index in [1.54, 1.807) is 4.52 Å². The number of nitrogens with one attached hydrogen (secondary N) is 1. The van der Waals surface area contributed by atoms with Crippen LogP contribution in [-0.2, 0) is 5.41 Å². The van der Waals surface area contributed by atoms with Gasteiger partial charge in [-0.15, -0.1) is 5.10 Å². The summed E-state index contributed by atoms with van der Waals surface area (Å²) in [5.41, 5.74) is 5.23. The van der Waals surface area contributed by atoms with Crippen molar-refractivity contribution in [3.05, 3.63) is 70.4 Å². The molecule has 0 unspecified atom stereocenters. The van der Waals surface area contributed by atoms with Crippen LogP contribution in [0.2, 0.25) is 5.02 Å². The van der Waals surface area contributed by atoms with E-state index >= 15 is 0 Å². The van der Waals surface area contributed by atoms with Gasteiger partial charge in [0.25, 0.3) is 5.78 Å². The molecule has 2 aromatic heterocycles. The van der Waals surface area contributed by atoms with Gasteiger partial charge in [-0.05, 0) is 42.5 Å². The second-order valence-electron chi connectivity index (χ2n) is 8.34. The molecule has 0 radical (unpaired) electrons. The highest BCUT2D eigenvalue weighted by atomic mass is 35.5. The van der Waals surface area contributed by atoms with Gasteiger partial charge < -0.3 is 5.32 Å². The third-order valence-electron chi connectivity index (χ3n) is 4.91. The standard InChI is InChI=1S/C23H24ClN5/c1-14-6-11-18(24)13-19(14)26-20-12-15(2)25-22-27-21(28-29(20)22)16-7-9-17(10-8-16)23(3,4)5/h6-13,26H,1-5H3. The summed E-state index contributed by atoms with van der Waals surface area (Å²) in [7, 11) is 0. The number of hydrogen-bond acceptors (Lipinski definition) is 4. The molecule has 0 saturated carbocycles. The first-order chi connectivity index (χ1) is 13.7. The number of hydrogen-bond donors (Lipinski definition) is 1. The zero-order chi connectivity index (χ0) is 20.8. The van der Waals surface area contributed by atoms with Crippen LogP contribution in [0.25, 0.3) is 17.2 Å². The molecule has 4 aromatic rings. The Bertz CT molecular complexity index is 1190. The molecule has 0 saturated heterocycles. The van der Waals surface area contributed by atoms with Crippen LogP contribution in [0.15, 0.2) is 48.5 Å². The van der Waals surface area contributed by atoms with E-state index in [2.05, 4.69) is 60.3 Å². The number of fused-ring (bicyclic) bond motifs is 1. The van der Waals surface area contributed by atoms with E-state index in [1.807, 2.05) is 38.1 Å². The van der Waals surface area contributed by atoms with Gasteiger partial charge in [0.15, 0.2) is 5.82 Å². The summed E-state index contributed by atoms with van der Waals surface area (Å²) in [5.74, 6) is 2.00. The molecule has 0 spiro atoms. The number of rotatable bonds is 3. The number of halogens is 1. The summed E-state index contributed by atoms with van der Waals surface area (Å²) in [5, 5.41) is 8.82. The van der Waals surface area contributed by atoms with Crippen LogP contribution in [0.1, 0.15) is 37.6 Å². The maximum atomic E-state index is 6.17. The zero-order valence-corrected chi connectivity index (χ0v) is 18.0. The molecule has 0 bridgehead atoms. The topological polar surface area (TPSA) is 55.1 Å². The molecular weight excluding hydrogens is 382 g/mol. The third-order valence-corrected chi connectivity index (χ3v) is 5.15. The molecule has 0 amide bonds. The van der Waals surface area contributed by atoms with Crippen LogP contribution in [0.4, 0.5) is 11.5 Å². The number of aromatic nitrogens is 4. The fourth-order valence-electron chi connectivity index (χ4n) is 3.18. The average molecular weight is 406 g/mol. The summed E-state index contributed by atoms with van der Waals surface area (Å²) in [6.45, 7) is 10.6. The molecule has 148 valence electrons. The van der Waals surface area contributed by atoms with E-state index in [1.165, 1.54) is 5.56 Å². The molecule has 0 aliphatic carbocycles. The molecule has 1 N–H and O–H groups in total. The van der Waals surface area contributed by atoms with Gasteiger partial charge in [-0.1, -0.05) is 62.7 Å². The van der Waals surface area contributed by atoms with E-state index in [-0.39, 0.29) is 5.41 Å². The smallest absolute Gasteiger partial charge is 0.254 e. The Morgan fingerprint density at radius 1 is 0.931 bits per heavy atom. The summed E-state index contributed by atoms with van der Waals surface area (Å²) in [4.78, 5) is 9.20. The monoisotopic (exact) mass is 405 g/mol. The van der Waals surface area contributed by atoms with Crippen molar-refractivity contribution in [2.45, 2.75) is 40.0 Å². The number of nitrogens with zero attached hydrogens (tertiary/aromatic N) is 4. The fraction of sp³-hybridized carbons (Fsp3) is 0.261. The summed E-state index contributed by atoms with van der Waals surface area (Å²) < 4.78 is 1.74. The highest BCUT2D eigenvalue weighted by molar-refractivity contribution is 6.30. The van der Waals surface area contributed by atoms with Crippen LogP contribution in [0, 0.1) is 13.8 Å². The normalized spacial score (nSPS) is 11.8. The van der Waals surface area contributed by atoms with Gasteiger partial charge in [0.1, 0.15) is 5.82 Å².